The summed E-state index contributed by atoms with van der Waals surface area (Å²) < 4.78 is 11.0. The van der Waals surface area contributed by atoms with Crippen molar-refractivity contribution in [3.8, 4) is 11.5 Å². The normalized spacial score (nSPS) is 13.0. The third-order valence-corrected chi connectivity index (χ3v) is 5.04. The topological polar surface area (TPSA) is 76.7 Å². The van der Waals surface area contributed by atoms with Crippen molar-refractivity contribution < 1.29 is 19.1 Å². The summed E-state index contributed by atoms with van der Waals surface area (Å²) in [7, 11) is 1.52. The number of carbonyl (C=O) groups is 2. The fourth-order valence-corrected chi connectivity index (χ4v) is 3.30. The molecule has 0 atom stereocenters. The van der Waals surface area contributed by atoms with Crippen LogP contribution in [0.1, 0.15) is 23.2 Å². The molecule has 0 radical (unpaired) electrons. The van der Waals surface area contributed by atoms with E-state index >= 15 is 0 Å². The molecule has 0 unspecified atom stereocenters. The lowest BCUT2D eigenvalue weighted by Gasteiger charge is -2.15. The van der Waals surface area contributed by atoms with E-state index in [-0.39, 0.29) is 24.5 Å². The van der Waals surface area contributed by atoms with Crippen molar-refractivity contribution in [3.63, 3.8) is 0 Å². The lowest BCUT2D eigenvalue weighted by molar-refractivity contribution is -0.123. The molecule has 7 heteroatoms. The average molecular weight is 425 g/mol. The number of ether oxygens (including phenoxy) is 2. The standard InChI is InChI=1S/C23H21ClN2O4/c1-29-20-9-6-16(24)12-19(20)26-23(28)18-10-14-4-2-3-5-15(14)11-21(18)30-13-22(27)25-17-7-8-17/h2-6,9-12,17H,7-8,13H2,1H3,(H,25,27)(H,26,28). The zero-order chi connectivity index (χ0) is 21.1. The number of anilines is 1. The fraction of sp³-hybridized carbons (Fsp3) is 0.217. The fourth-order valence-electron chi connectivity index (χ4n) is 3.12. The number of carbonyl (C=O) groups excluding carboxylic acids is 2. The summed E-state index contributed by atoms with van der Waals surface area (Å²) in [6.07, 6.45) is 1.99. The van der Waals surface area contributed by atoms with Gasteiger partial charge in [0.2, 0.25) is 0 Å². The molecular weight excluding hydrogens is 404 g/mol. The number of methoxy groups -OCH3 is 1. The first kappa shape index (κ1) is 20.0. The summed E-state index contributed by atoms with van der Waals surface area (Å²) in [6.45, 7) is -0.157. The number of fused-ring (bicyclic) bond motifs is 1. The molecule has 0 saturated heterocycles. The first-order chi connectivity index (χ1) is 14.5. The Bertz CT molecular complexity index is 1110. The Morgan fingerprint density at radius 2 is 1.77 bits per heavy atom. The molecule has 30 heavy (non-hydrogen) atoms. The second kappa shape index (κ2) is 8.63. The average Bonchev–Trinajstić information content (AvgIpc) is 3.55. The molecule has 0 bridgehead atoms. The maximum atomic E-state index is 13.1. The highest BCUT2D eigenvalue weighted by Crippen LogP contribution is 2.31. The van der Waals surface area contributed by atoms with Gasteiger partial charge in [0.05, 0.1) is 18.4 Å². The van der Waals surface area contributed by atoms with Crippen LogP contribution < -0.4 is 20.1 Å². The molecule has 0 spiro atoms. The summed E-state index contributed by atoms with van der Waals surface area (Å²) in [4.78, 5) is 25.2. The van der Waals surface area contributed by atoms with Crippen LogP contribution in [0, 0.1) is 0 Å². The molecule has 2 N–H and O–H groups in total. The van der Waals surface area contributed by atoms with Crippen molar-refractivity contribution in [2.75, 3.05) is 19.0 Å². The van der Waals surface area contributed by atoms with Crippen molar-refractivity contribution in [3.05, 3.63) is 65.2 Å². The second-order valence-electron chi connectivity index (χ2n) is 7.12. The molecule has 2 amide bonds. The molecule has 1 fully saturated rings. The predicted molar refractivity (Wildman–Crippen MR) is 117 cm³/mol. The van der Waals surface area contributed by atoms with E-state index in [4.69, 9.17) is 21.1 Å². The molecular formula is C23H21ClN2O4. The summed E-state index contributed by atoms with van der Waals surface area (Å²) >= 11 is 6.07. The molecule has 154 valence electrons. The lowest BCUT2D eigenvalue weighted by atomic mass is 10.1. The van der Waals surface area contributed by atoms with Crippen LogP contribution in [0.25, 0.3) is 10.8 Å². The summed E-state index contributed by atoms with van der Waals surface area (Å²) in [6, 6.07) is 16.4. The first-order valence-corrected chi connectivity index (χ1v) is 10.0. The molecule has 4 rings (SSSR count). The van der Waals surface area contributed by atoms with Crippen LogP contribution in [0.2, 0.25) is 5.02 Å². The van der Waals surface area contributed by atoms with Crippen LogP contribution in [0.3, 0.4) is 0 Å². The molecule has 0 heterocycles. The highest BCUT2D eigenvalue weighted by molar-refractivity contribution is 6.31. The van der Waals surface area contributed by atoms with E-state index in [1.54, 1.807) is 30.3 Å². The summed E-state index contributed by atoms with van der Waals surface area (Å²) in [5.74, 6) is 0.227. The van der Waals surface area contributed by atoms with Crippen LogP contribution >= 0.6 is 11.6 Å². The summed E-state index contributed by atoms with van der Waals surface area (Å²) in [5, 5.41) is 7.96. The van der Waals surface area contributed by atoms with Gasteiger partial charge in [-0.05, 0) is 53.9 Å². The molecule has 0 aromatic heterocycles. The van der Waals surface area contributed by atoms with E-state index in [1.807, 2.05) is 24.3 Å². The minimum absolute atomic E-state index is 0.157. The lowest BCUT2D eigenvalue weighted by Crippen LogP contribution is -2.30. The smallest absolute Gasteiger partial charge is 0.259 e. The van der Waals surface area contributed by atoms with Crippen LogP contribution in [-0.4, -0.2) is 31.6 Å². The molecule has 0 aliphatic heterocycles. The molecule has 1 saturated carbocycles. The highest BCUT2D eigenvalue weighted by Gasteiger charge is 2.24. The Morgan fingerprint density at radius 3 is 2.47 bits per heavy atom. The van der Waals surface area contributed by atoms with E-state index < -0.39 is 0 Å². The molecule has 3 aromatic carbocycles. The monoisotopic (exact) mass is 424 g/mol. The van der Waals surface area contributed by atoms with E-state index in [9.17, 15) is 9.59 Å². The molecule has 6 nitrogen and oxygen atoms in total. The zero-order valence-electron chi connectivity index (χ0n) is 16.4. The van der Waals surface area contributed by atoms with E-state index in [0.717, 1.165) is 23.6 Å². The Labute approximate surface area is 179 Å². The van der Waals surface area contributed by atoms with Crippen molar-refractivity contribution >= 4 is 39.9 Å². The van der Waals surface area contributed by atoms with Gasteiger partial charge in [0.25, 0.3) is 11.8 Å². The Balaban J connectivity index is 1.62. The van der Waals surface area contributed by atoms with E-state index in [0.29, 0.717) is 27.8 Å². The van der Waals surface area contributed by atoms with Gasteiger partial charge >= 0.3 is 0 Å². The van der Waals surface area contributed by atoms with Crippen molar-refractivity contribution in [1.82, 2.24) is 5.32 Å². The van der Waals surface area contributed by atoms with Crippen LogP contribution in [0.15, 0.2) is 54.6 Å². The molecule has 3 aromatic rings. The van der Waals surface area contributed by atoms with E-state index in [1.165, 1.54) is 7.11 Å². The third-order valence-electron chi connectivity index (χ3n) is 4.80. The first-order valence-electron chi connectivity index (χ1n) is 9.63. The number of hydrogen-bond acceptors (Lipinski definition) is 4. The van der Waals surface area contributed by atoms with Crippen molar-refractivity contribution in [1.29, 1.82) is 0 Å². The van der Waals surface area contributed by atoms with Gasteiger partial charge in [-0.25, -0.2) is 0 Å². The number of benzene rings is 3. The van der Waals surface area contributed by atoms with Gasteiger partial charge in [-0.15, -0.1) is 0 Å². The number of amides is 2. The van der Waals surface area contributed by atoms with E-state index in [2.05, 4.69) is 10.6 Å². The van der Waals surface area contributed by atoms with Gasteiger partial charge in [-0.1, -0.05) is 35.9 Å². The minimum Gasteiger partial charge on any atom is -0.495 e. The number of rotatable bonds is 7. The maximum absolute atomic E-state index is 13.1. The van der Waals surface area contributed by atoms with Crippen LogP contribution in [0.5, 0.6) is 11.5 Å². The number of halogens is 1. The van der Waals surface area contributed by atoms with Gasteiger partial charge < -0.3 is 20.1 Å². The van der Waals surface area contributed by atoms with Gasteiger partial charge in [0.15, 0.2) is 6.61 Å². The SMILES string of the molecule is COc1ccc(Cl)cc1NC(=O)c1cc2ccccc2cc1OCC(=O)NC1CC1. The Hall–Kier alpha value is -3.25. The molecule has 1 aliphatic rings. The largest absolute Gasteiger partial charge is 0.495 e. The summed E-state index contributed by atoms with van der Waals surface area (Å²) in [5.41, 5.74) is 0.760. The quantitative estimate of drug-likeness (QED) is 0.589. The van der Waals surface area contributed by atoms with Crippen molar-refractivity contribution in [2.24, 2.45) is 0 Å². The minimum atomic E-state index is -0.390. The Kier molecular flexibility index (Phi) is 5.77. The van der Waals surface area contributed by atoms with Gasteiger partial charge in [-0.3, -0.25) is 9.59 Å². The van der Waals surface area contributed by atoms with Crippen LogP contribution in [-0.2, 0) is 4.79 Å². The second-order valence-corrected chi connectivity index (χ2v) is 7.56. The van der Waals surface area contributed by atoms with Crippen LogP contribution in [0.4, 0.5) is 5.69 Å². The predicted octanol–water partition coefficient (Wildman–Crippen LogP) is 4.41. The van der Waals surface area contributed by atoms with Gasteiger partial charge in [0, 0.05) is 11.1 Å². The number of nitrogens with one attached hydrogen (secondary N) is 2. The third kappa shape index (κ3) is 4.66. The zero-order valence-corrected chi connectivity index (χ0v) is 17.2. The van der Waals surface area contributed by atoms with Crippen molar-refractivity contribution in [2.45, 2.75) is 18.9 Å². The highest BCUT2D eigenvalue weighted by atomic mass is 35.5. The molecule has 1 aliphatic carbocycles. The van der Waals surface area contributed by atoms with Gasteiger partial charge in [-0.2, -0.15) is 0 Å². The van der Waals surface area contributed by atoms with Gasteiger partial charge in [0.1, 0.15) is 11.5 Å². The Morgan fingerprint density at radius 1 is 1.03 bits per heavy atom. The maximum Gasteiger partial charge on any atom is 0.259 e. The number of hydrogen-bond donors (Lipinski definition) is 2.